The zero-order chi connectivity index (χ0) is 16.9. The molecule has 1 aromatic carbocycles. The van der Waals surface area contributed by atoms with Gasteiger partial charge in [0.15, 0.2) is 12.3 Å². The van der Waals surface area contributed by atoms with Gasteiger partial charge in [-0.1, -0.05) is 11.6 Å². The van der Waals surface area contributed by atoms with E-state index in [4.69, 9.17) is 16.0 Å². The summed E-state index contributed by atoms with van der Waals surface area (Å²) in [6, 6.07) is 8.97. The van der Waals surface area contributed by atoms with Crippen LogP contribution in [-0.2, 0) is 4.79 Å². The molecule has 0 unspecified atom stereocenters. The van der Waals surface area contributed by atoms with E-state index in [2.05, 4.69) is 15.4 Å². The molecule has 0 spiro atoms. The summed E-state index contributed by atoms with van der Waals surface area (Å²) in [7, 11) is 0. The molecule has 1 amide bonds. The lowest BCUT2D eigenvalue weighted by Crippen LogP contribution is -2.86. The van der Waals surface area contributed by atoms with E-state index in [0.29, 0.717) is 16.4 Å². The molecule has 0 bridgehead atoms. The Kier molecular flexibility index (Phi) is 4.93. The minimum Gasteiger partial charge on any atom is -0.463 e. The average Bonchev–Trinajstić information content (AvgIpc) is 3.26. The molecule has 0 fully saturated rings. The van der Waals surface area contributed by atoms with Crippen LogP contribution < -0.4 is 10.6 Å². The van der Waals surface area contributed by atoms with Crippen molar-refractivity contribution in [3.05, 3.63) is 60.0 Å². The number of rotatable bonds is 6. The molecule has 124 valence electrons. The van der Waals surface area contributed by atoms with E-state index in [1.807, 2.05) is 24.4 Å². The van der Waals surface area contributed by atoms with Gasteiger partial charge in [0.2, 0.25) is 0 Å². The Labute approximate surface area is 143 Å². The van der Waals surface area contributed by atoms with Crippen LogP contribution in [0, 0.1) is 0 Å². The van der Waals surface area contributed by atoms with Crippen LogP contribution in [-0.4, -0.2) is 27.2 Å². The van der Waals surface area contributed by atoms with E-state index in [0.717, 1.165) is 5.76 Å². The normalized spacial score (nSPS) is 12.1. The van der Waals surface area contributed by atoms with Crippen LogP contribution in [0.1, 0.15) is 18.7 Å². The minimum absolute atomic E-state index is 0.0555. The highest BCUT2D eigenvalue weighted by atomic mass is 35.5. The second-order valence-electron chi connectivity index (χ2n) is 5.29. The van der Waals surface area contributed by atoms with Gasteiger partial charge in [-0.2, -0.15) is 5.10 Å². The zero-order valence-corrected chi connectivity index (χ0v) is 13.8. The third-order valence-corrected chi connectivity index (χ3v) is 3.78. The predicted molar refractivity (Wildman–Crippen MR) is 88.9 cm³/mol. The van der Waals surface area contributed by atoms with E-state index >= 15 is 0 Å². The van der Waals surface area contributed by atoms with Crippen LogP contribution in [0.4, 0.5) is 5.69 Å². The first-order valence-corrected chi connectivity index (χ1v) is 7.82. The number of amides is 1. The van der Waals surface area contributed by atoms with Crippen molar-refractivity contribution in [1.82, 2.24) is 14.8 Å². The molecule has 24 heavy (non-hydrogen) atoms. The van der Waals surface area contributed by atoms with Gasteiger partial charge in [-0.05, 0) is 37.3 Å². The minimum atomic E-state index is -0.142. The fraction of sp³-hybridized carbons (Fsp3) is 0.188. The Morgan fingerprint density at radius 2 is 2.33 bits per heavy atom. The molecule has 8 heteroatoms. The Morgan fingerprint density at radius 3 is 3.04 bits per heavy atom. The van der Waals surface area contributed by atoms with Crippen LogP contribution in [0.25, 0.3) is 5.69 Å². The molecule has 3 N–H and O–H groups in total. The van der Waals surface area contributed by atoms with E-state index in [9.17, 15) is 4.79 Å². The summed E-state index contributed by atoms with van der Waals surface area (Å²) in [6.45, 7) is 2.23. The maximum atomic E-state index is 12.3. The highest BCUT2D eigenvalue weighted by Crippen LogP contribution is 2.23. The highest BCUT2D eigenvalue weighted by molar-refractivity contribution is 6.31. The van der Waals surface area contributed by atoms with E-state index in [1.54, 1.807) is 35.5 Å². The summed E-state index contributed by atoms with van der Waals surface area (Å²) in [4.78, 5) is 16.2. The molecule has 2 heterocycles. The molecule has 0 aliphatic rings. The molecule has 2 aromatic heterocycles. The van der Waals surface area contributed by atoms with Gasteiger partial charge >= 0.3 is 0 Å². The third-order valence-electron chi connectivity index (χ3n) is 3.55. The van der Waals surface area contributed by atoms with Gasteiger partial charge < -0.3 is 15.1 Å². The number of carbonyl (C=O) groups excluding carboxylic acids is 1. The second-order valence-corrected chi connectivity index (χ2v) is 5.73. The lowest BCUT2D eigenvalue weighted by atomic mass is 10.2. The summed E-state index contributed by atoms with van der Waals surface area (Å²) in [5.74, 6) is 0.686. The van der Waals surface area contributed by atoms with Gasteiger partial charge in [-0.15, -0.1) is 0 Å². The number of halogens is 1. The zero-order valence-electron chi connectivity index (χ0n) is 13.0. The number of aromatic nitrogens is 3. The molecule has 0 saturated carbocycles. The molecule has 3 rings (SSSR count). The number of hydrogen-bond donors (Lipinski definition) is 2. The van der Waals surface area contributed by atoms with Crippen molar-refractivity contribution >= 4 is 23.2 Å². The van der Waals surface area contributed by atoms with Crippen LogP contribution in [0.15, 0.2) is 53.7 Å². The molecule has 3 aromatic rings. The standard InChI is InChI=1S/C16H16ClN5O2/c1-11(15-3-2-6-24-15)19-8-16(23)21-13-7-12(17)4-5-14(13)22-10-18-9-20-22/h2-7,9-11,19H,8H2,1H3,(H,21,23)/p+1/t11-/m0/s1. The number of hydrogen-bond acceptors (Lipinski definition) is 4. The number of nitrogens with one attached hydrogen (secondary N) is 1. The Bertz CT molecular complexity index is 802. The molecule has 7 nitrogen and oxygen atoms in total. The molecule has 0 radical (unpaired) electrons. The van der Waals surface area contributed by atoms with Gasteiger partial charge in [0.1, 0.15) is 18.7 Å². The molecule has 1 atom stereocenters. The maximum Gasteiger partial charge on any atom is 0.279 e. The lowest BCUT2D eigenvalue weighted by Gasteiger charge is -2.12. The van der Waals surface area contributed by atoms with Crippen LogP contribution in [0.2, 0.25) is 5.02 Å². The molecule has 0 aliphatic heterocycles. The number of quaternary nitrogens is 1. The van der Waals surface area contributed by atoms with Gasteiger partial charge in [0.05, 0.1) is 17.6 Å². The number of nitrogens with two attached hydrogens (primary N) is 1. The van der Waals surface area contributed by atoms with Crippen molar-refractivity contribution in [3.8, 4) is 5.69 Å². The first kappa shape index (κ1) is 16.2. The van der Waals surface area contributed by atoms with Gasteiger partial charge in [-0.3, -0.25) is 4.79 Å². The summed E-state index contributed by atoms with van der Waals surface area (Å²) in [5.41, 5.74) is 1.28. The summed E-state index contributed by atoms with van der Waals surface area (Å²) < 4.78 is 6.90. The van der Waals surface area contributed by atoms with Crippen molar-refractivity contribution in [3.63, 3.8) is 0 Å². The van der Waals surface area contributed by atoms with Crippen molar-refractivity contribution in [1.29, 1.82) is 0 Å². The molecule has 0 saturated heterocycles. The Hall–Kier alpha value is -2.64. The van der Waals surface area contributed by atoms with Crippen LogP contribution in [0.3, 0.4) is 0 Å². The Balaban J connectivity index is 1.67. The van der Waals surface area contributed by atoms with E-state index in [1.165, 1.54) is 6.33 Å². The van der Waals surface area contributed by atoms with E-state index in [-0.39, 0.29) is 18.5 Å². The number of benzene rings is 1. The molecule has 0 aliphatic carbocycles. The molecular weight excluding hydrogens is 330 g/mol. The first-order valence-electron chi connectivity index (χ1n) is 7.44. The topological polar surface area (TPSA) is 89.6 Å². The number of anilines is 1. The second kappa shape index (κ2) is 7.29. The van der Waals surface area contributed by atoms with Crippen molar-refractivity contribution in [2.45, 2.75) is 13.0 Å². The van der Waals surface area contributed by atoms with E-state index < -0.39 is 0 Å². The van der Waals surface area contributed by atoms with Crippen molar-refractivity contribution in [2.75, 3.05) is 11.9 Å². The monoisotopic (exact) mass is 346 g/mol. The largest absolute Gasteiger partial charge is 0.463 e. The smallest absolute Gasteiger partial charge is 0.279 e. The average molecular weight is 347 g/mol. The summed E-state index contributed by atoms with van der Waals surface area (Å²) in [6.07, 6.45) is 4.61. The number of furan rings is 1. The van der Waals surface area contributed by atoms with Crippen molar-refractivity contribution < 1.29 is 14.5 Å². The van der Waals surface area contributed by atoms with Gasteiger partial charge in [0, 0.05) is 5.02 Å². The maximum absolute atomic E-state index is 12.3. The van der Waals surface area contributed by atoms with Crippen LogP contribution >= 0.6 is 11.6 Å². The fourth-order valence-electron chi connectivity index (χ4n) is 2.29. The summed E-state index contributed by atoms with van der Waals surface area (Å²) in [5, 5.41) is 9.38. The fourth-order valence-corrected chi connectivity index (χ4v) is 2.46. The first-order chi connectivity index (χ1) is 11.6. The van der Waals surface area contributed by atoms with Gasteiger partial charge in [-0.25, -0.2) is 9.67 Å². The predicted octanol–water partition coefficient (Wildman–Crippen LogP) is 1.78. The van der Waals surface area contributed by atoms with Gasteiger partial charge in [0.25, 0.3) is 5.91 Å². The van der Waals surface area contributed by atoms with Crippen molar-refractivity contribution in [2.24, 2.45) is 0 Å². The lowest BCUT2D eigenvalue weighted by molar-refractivity contribution is -0.684. The highest BCUT2D eigenvalue weighted by Gasteiger charge is 2.15. The Morgan fingerprint density at radius 1 is 1.46 bits per heavy atom. The number of carbonyl (C=O) groups is 1. The third kappa shape index (κ3) is 3.81. The number of nitrogens with zero attached hydrogens (tertiary/aromatic N) is 3. The SMILES string of the molecule is C[C@H]([NH2+]CC(=O)Nc1cc(Cl)ccc1-n1cncn1)c1ccco1. The molecular formula is C16H17ClN5O2+. The summed E-state index contributed by atoms with van der Waals surface area (Å²) >= 11 is 6.04. The quantitative estimate of drug-likeness (QED) is 0.712. The van der Waals surface area contributed by atoms with Crippen LogP contribution in [0.5, 0.6) is 0 Å².